The highest BCUT2D eigenvalue weighted by Crippen LogP contribution is 2.40. The zero-order valence-corrected chi connectivity index (χ0v) is 16.7. The molecule has 6 nitrogen and oxygen atoms in total. The number of ether oxygens (including phenoxy) is 1. The van der Waals surface area contributed by atoms with Crippen LogP contribution in [0.25, 0.3) is 0 Å². The molecule has 0 saturated carbocycles. The quantitative estimate of drug-likeness (QED) is 0.457. The molecular formula is C17H16Br2N2O4. The predicted octanol–water partition coefficient (Wildman–Crippen LogP) is 3.77. The Morgan fingerprint density at radius 3 is 2.52 bits per heavy atom. The van der Waals surface area contributed by atoms with Crippen molar-refractivity contribution >= 4 is 44.0 Å². The number of hydrazone groups is 1. The van der Waals surface area contributed by atoms with Crippen LogP contribution in [-0.4, -0.2) is 28.9 Å². The van der Waals surface area contributed by atoms with E-state index in [2.05, 4.69) is 42.4 Å². The largest absolute Gasteiger partial charge is 0.506 e. The van der Waals surface area contributed by atoms with Gasteiger partial charge in [0, 0.05) is 5.56 Å². The topological polar surface area (TPSA) is 91.2 Å². The molecule has 0 aliphatic heterocycles. The average molecular weight is 472 g/mol. The van der Waals surface area contributed by atoms with E-state index in [-0.39, 0.29) is 22.6 Å². The Labute approximate surface area is 161 Å². The highest BCUT2D eigenvalue weighted by Gasteiger charge is 2.13. The standard InChI is InChI=1S/C17H16Br2N2O4/c1-9-4-3-5-10(2)17(9)25-8-13(22)21-20-7-11-6-12(18)16(24)14(19)15(11)23/h3-7,23-24H,8H2,1-2H3,(H,21,22)/b20-7+. The molecule has 0 atom stereocenters. The van der Waals surface area contributed by atoms with Gasteiger partial charge >= 0.3 is 0 Å². The molecule has 3 N–H and O–H groups in total. The molecule has 1 amide bonds. The summed E-state index contributed by atoms with van der Waals surface area (Å²) in [5, 5.41) is 23.4. The molecule has 0 aliphatic rings. The molecule has 2 aromatic rings. The van der Waals surface area contributed by atoms with E-state index < -0.39 is 5.91 Å². The Morgan fingerprint density at radius 2 is 1.88 bits per heavy atom. The van der Waals surface area contributed by atoms with Crippen molar-refractivity contribution in [2.24, 2.45) is 5.10 Å². The molecule has 2 aromatic carbocycles. The molecule has 0 saturated heterocycles. The number of phenols is 2. The molecule has 2 rings (SSSR count). The maximum atomic E-state index is 11.8. The second-order valence-electron chi connectivity index (χ2n) is 5.26. The molecule has 0 aliphatic carbocycles. The van der Waals surface area contributed by atoms with E-state index in [1.807, 2.05) is 32.0 Å². The molecule has 0 aromatic heterocycles. The lowest BCUT2D eigenvalue weighted by atomic mass is 10.1. The zero-order chi connectivity index (χ0) is 18.6. The van der Waals surface area contributed by atoms with Gasteiger partial charge in [-0.3, -0.25) is 4.79 Å². The van der Waals surface area contributed by atoms with Crippen LogP contribution in [0, 0.1) is 13.8 Å². The first kappa shape index (κ1) is 19.3. The third-order valence-corrected chi connectivity index (χ3v) is 4.70. The van der Waals surface area contributed by atoms with Crippen LogP contribution in [0.3, 0.4) is 0 Å². The smallest absolute Gasteiger partial charge is 0.277 e. The van der Waals surface area contributed by atoms with Gasteiger partial charge in [-0.25, -0.2) is 5.43 Å². The van der Waals surface area contributed by atoms with Crippen LogP contribution in [0.1, 0.15) is 16.7 Å². The predicted molar refractivity (Wildman–Crippen MR) is 102 cm³/mol. The van der Waals surface area contributed by atoms with E-state index in [9.17, 15) is 15.0 Å². The van der Waals surface area contributed by atoms with E-state index in [1.165, 1.54) is 12.3 Å². The number of aromatic hydroxyl groups is 2. The summed E-state index contributed by atoms with van der Waals surface area (Å²) in [6, 6.07) is 7.20. The molecule has 0 unspecified atom stereocenters. The molecule has 0 spiro atoms. The van der Waals surface area contributed by atoms with Crippen molar-refractivity contribution in [2.45, 2.75) is 13.8 Å². The van der Waals surface area contributed by atoms with E-state index >= 15 is 0 Å². The summed E-state index contributed by atoms with van der Waals surface area (Å²) in [4.78, 5) is 11.8. The Kier molecular flexibility index (Phi) is 6.44. The van der Waals surface area contributed by atoms with Gasteiger partial charge in [0.25, 0.3) is 5.91 Å². The summed E-state index contributed by atoms with van der Waals surface area (Å²) in [5.41, 5.74) is 4.52. The van der Waals surface area contributed by atoms with Gasteiger partial charge in [0.05, 0.1) is 10.7 Å². The van der Waals surface area contributed by atoms with E-state index in [0.29, 0.717) is 15.8 Å². The SMILES string of the molecule is Cc1cccc(C)c1OCC(=O)N/N=C/c1cc(Br)c(O)c(Br)c1O. The highest BCUT2D eigenvalue weighted by molar-refractivity contribution is 9.11. The van der Waals surface area contributed by atoms with Crippen LogP contribution in [0.5, 0.6) is 17.2 Å². The first-order valence-corrected chi connectivity index (χ1v) is 8.80. The second kappa shape index (κ2) is 8.35. The number of nitrogens with one attached hydrogen (secondary N) is 1. The molecule has 25 heavy (non-hydrogen) atoms. The zero-order valence-electron chi connectivity index (χ0n) is 13.5. The number of aryl methyl sites for hydroxylation is 2. The lowest BCUT2D eigenvalue weighted by Gasteiger charge is -2.10. The summed E-state index contributed by atoms with van der Waals surface area (Å²) >= 11 is 6.22. The number of halogens is 2. The van der Waals surface area contributed by atoms with Crippen molar-refractivity contribution in [1.29, 1.82) is 0 Å². The maximum absolute atomic E-state index is 11.8. The summed E-state index contributed by atoms with van der Waals surface area (Å²) in [6.07, 6.45) is 1.27. The number of carbonyl (C=O) groups excluding carboxylic acids is 1. The van der Waals surface area contributed by atoms with E-state index in [1.54, 1.807) is 0 Å². The highest BCUT2D eigenvalue weighted by atomic mass is 79.9. The van der Waals surface area contributed by atoms with Crippen LogP contribution in [-0.2, 0) is 4.79 Å². The lowest BCUT2D eigenvalue weighted by molar-refractivity contribution is -0.123. The van der Waals surface area contributed by atoms with Gasteiger partial charge in [-0.05, 0) is 62.9 Å². The Morgan fingerprint density at radius 1 is 1.24 bits per heavy atom. The number of amides is 1. The number of phenolic OH excluding ortho intramolecular Hbond substituents is 2. The lowest BCUT2D eigenvalue weighted by Crippen LogP contribution is -2.25. The Hall–Kier alpha value is -2.06. The van der Waals surface area contributed by atoms with Crippen LogP contribution in [0.4, 0.5) is 0 Å². The summed E-state index contributed by atoms with van der Waals surface area (Å²) in [7, 11) is 0. The minimum Gasteiger partial charge on any atom is -0.506 e. The molecule has 8 heteroatoms. The monoisotopic (exact) mass is 470 g/mol. The fraction of sp³-hybridized carbons (Fsp3) is 0.176. The van der Waals surface area contributed by atoms with Crippen molar-refractivity contribution in [3.8, 4) is 17.2 Å². The van der Waals surface area contributed by atoms with Gasteiger partial charge in [-0.15, -0.1) is 0 Å². The third kappa shape index (κ3) is 4.73. The number of rotatable bonds is 5. The molecule has 0 bridgehead atoms. The van der Waals surface area contributed by atoms with Crippen LogP contribution >= 0.6 is 31.9 Å². The molecule has 132 valence electrons. The summed E-state index contributed by atoms with van der Waals surface area (Å²) < 4.78 is 6.04. The fourth-order valence-electron chi connectivity index (χ4n) is 2.09. The number of benzene rings is 2. The Bertz CT molecular complexity index is 818. The average Bonchev–Trinajstić information content (AvgIpc) is 2.57. The minimum atomic E-state index is -0.435. The van der Waals surface area contributed by atoms with Crippen molar-refractivity contribution in [3.05, 3.63) is 49.9 Å². The molecule has 0 radical (unpaired) electrons. The molecular weight excluding hydrogens is 456 g/mol. The summed E-state index contributed by atoms with van der Waals surface area (Å²) in [5.74, 6) is -0.0767. The maximum Gasteiger partial charge on any atom is 0.277 e. The minimum absolute atomic E-state index is 0.124. The third-order valence-electron chi connectivity index (χ3n) is 3.35. The Balaban J connectivity index is 1.98. The number of hydrogen-bond acceptors (Lipinski definition) is 5. The van der Waals surface area contributed by atoms with Gasteiger partial charge in [-0.2, -0.15) is 5.10 Å². The van der Waals surface area contributed by atoms with Gasteiger partial charge in [0.2, 0.25) is 0 Å². The molecule has 0 heterocycles. The van der Waals surface area contributed by atoms with Crippen molar-refractivity contribution in [3.63, 3.8) is 0 Å². The van der Waals surface area contributed by atoms with Crippen LogP contribution in [0.15, 0.2) is 38.3 Å². The van der Waals surface area contributed by atoms with Crippen molar-refractivity contribution < 1.29 is 19.7 Å². The summed E-state index contributed by atoms with van der Waals surface area (Å²) in [6.45, 7) is 3.63. The second-order valence-corrected chi connectivity index (χ2v) is 6.91. The number of hydrogen-bond donors (Lipinski definition) is 3. The van der Waals surface area contributed by atoms with Gasteiger partial charge in [-0.1, -0.05) is 18.2 Å². The van der Waals surface area contributed by atoms with Gasteiger partial charge in [0.1, 0.15) is 21.7 Å². The first-order chi connectivity index (χ1) is 11.8. The van der Waals surface area contributed by atoms with Crippen LogP contribution < -0.4 is 10.2 Å². The number of carbonyl (C=O) groups is 1. The number of para-hydroxylation sites is 1. The normalized spacial score (nSPS) is 10.9. The van der Waals surface area contributed by atoms with Crippen molar-refractivity contribution in [2.75, 3.05) is 6.61 Å². The van der Waals surface area contributed by atoms with Gasteiger partial charge in [0.15, 0.2) is 6.61 Å². The molecule has 0 fully saturated rings. The fourth-order valence-corrected chi connectivity index (χ4v) is 3.24. The first-order valence-electron chi connectivity index (χ1n) is 7.22. The van der Waals surface area contributed by atoms with E-state index in [0.717, 1.165) is 11.1 Å². The van der Waals surface area contributed by atoms with Crippen molar-refractivity contribution in [1.82, 2.24) is 5.43 Å². The van der Waals surface area contributed by atoms with E-state index in [4.69, 9.17) is 4.74 Å². The number of nitrogens with zero attached hydrogens (tertiary/aromatic N) is 1. The van der Waals surface area contributed by atoms with Gasteiger partial charge < -0.3 is 14.9 Å². The van der Waals surface area contributed by atoms with Crippen LogP contribution in [0.2, 0.25) is 0 Å².